The molecule has 0 amide bonds. The zero-order valence-electron chi connectivity index (χ0n) is 13.6. The van der Waals surface area contributed by atoms with Crippen LogP contribution in [0.2, 0.25) is 4.34 Å². The van der Waals surface area contributed by atoms with E-state index in [0.717, 1.165) is 16.8 Å². The zero-order chi connectivity index (χ0) is 15.1. The number of nitrogens with one attached hydrogen (secondary N) is 1. The molecule has 0 aromatic carbocycles. The highest BCUT2D eigenvalue weighted by Gasteiger charge is 2.35. The fraction of sp³-hybridized carbons (Fsp3) is 0.778. The first-order valence-electron chi connectivity index (χ1n) is 8.62. The van der Waals surface area contributed by atoms with Crippen molar-refractivity contribution >= 4 is 22.9 Å². The van der Waals surface area contributed by atoms with Crippen molar-refractivity contribution < 1.29 is 0 Å². The molecule has 1 aromatic heterocycles. The van der Waals surface area contributed by atoms with Crippen LogP contribution in [0.3, 0.4) is 0 Å². The molecule has 0 spiro atoms. The molecule has 0 atom stereocenters. The molecule has 2 rings (SSSR count). The van der Waals surface area contributed by atoms with Crippen molar-refractivity contribution in [2.75, 3.05) is 13.1 Å². The van der Waals surface area contributed by atoms with Gasteiger partial charge in [0.25, 0.3) is 0 Å². The van der Waals surface area contributed by atoms with Crippen molar-refractivity contribution in [3.63, 3.8) is 0 Å². The fourth-order valence-corrected chi connectivity index (χ4v) is 4.96. The summed E-state index contributed by atoms with van der Waals surface area (Å²) in [6.45, 7) is 6.76. The summed E-state index contributed by atoms with van der Waals surface area (Å²) >= 11 is 7.88. The second-order valence-corrected chi connectivity index (χ2v) is 8.55. The third-order valence-corrected chi connectivity index (χ3v) is 6.29. The highest BCUT2D eigenvalue weighted by molar-refractivity contribution is 7.16. The van der Waals surface area contributed by atoms with Crippen LogP contribution in [0, 0.1) is 11.3 Å². The van der Waals surface area contributed by atoms with Crippen LogP contribution < -0.4 is 5.32 Å². The largest absolute Gasteiger partial charge is 0.316 e. The third kappa shape index (κ3) is 5.26. The number of rotatable bonds is 8. The summed E-state index contributed by atoms with van der Waals surface area (Å²) in [6, 6.07) is 4.28. The van der Waals surface area contributed by atoms with Crippen LogP contribution >= 0.6 is 22.9 Å². The van der Waals surface area contributed by atoms with Gasteiger partial charge in [0, 0.05) is 11.4 Å². The summed E-state index contributed by atoms with van der Waals surface area (Å²) < 4.78 is 0.931. The van der Waals surface area contributed by atoms with Crippen LogP contribution in [0.15, 0.2) is 12.1 Å². The molecule has 1 aliphatic rings. The minimum absolute atomic E-state index is 0.465. The van der Waals surface area contributed by atoms with Crippen LogP contribution in [0.4, 0.5) is 0 Å². The van der Waals surface area contributed by atoms with Gasteiger partial charge in [0.1, 0.15) is 0 Å². The van der Waals surface area contributed by atoms with Gasteiger partial charge in [0.15, 0.2) is 0 Å². The SMILES string of the molecule is CCCCC1CCC(CNCC)(Cc2ccc(Cl)s2)CC1. The van der Waals surface area contributed by atoms with E-state index in [0.29, 0.717) is 5.41 Å². The minimum atomic E-state index is 0.465. The second kappa shape index (κ2) is 8.55. The molecule has 1 heterocycles. The Bertz CT molecular complexity index is 407. The summed E-state index contributed by atoms with van der Waals surface area (Å²) in [4.78, 5) is 1.46. The summed E-state index contributed by atoms with van der Waals surface area (Å²) in [5.74, 6) is 0.978. The van der Waals surface area contributed by atoms with Gasteiger partial charge in [-0.2, -0.15) is 0 Å². The van der Waals surface area contributed by atoms with Gasteiger partial charge in [-0.15, -0.1) is 11.3 Å². The first kappa shape index (κ1) is 17.3. The van der Waals surface area contributed by atoms with Crippen LogP contribution in [0.25, 0.3) is 0 Å². The smallest absolute Gasteiger partial charge is 0.0931 e. The Morgan fingerprint density at radius 3 is 2.62 bits per heavy atom. The predicted octanol–water partition coefficient (Wildman–Crippen LogP) is 5.92. The molecule has 0 saturated heterocycles. The van der Waals surface area contributed by atoms with Crippen molar-refractivity contribution in [3.8, 4) is 0 Å². The summed E-state index contributed by atoms with van der Waals surface area (Å²) in [5, 5.41) is 3.62. The molecule has 1 nitrogen and oxygen atoms in total. The van der Waals surface area contributed by atoms with E-state index in [4.69, 9.17) is 11.6 Å². The minimum Gasteiger partial charge on any atom is -0.316 e. The Balaban J connectivity index is 1.95. The lowest BCUT2D eigenvalue weighted by Gasteiger charge is -2.40. The zero-order valence-corrected chi connectivity index (χ0v) is 15.2. The topological polar surface area (TPSA) is 12.0 Å². The van der Waals surface area contributed by atoms with Crippen LogP contribution in [0.5, 0.6) is 0 Å². The van der Waals surface area contributed by atoms with E-state index in [-0.39, 0.29) is 0 Å². The van der Waals surface area contributed by atoms with E-state index in [1.54, 1.807) is 11.3 Å². The highest BCUT2D eigenvalue weighted by Crippen LogP contribution is 2.43. The average molecular weight is 328 g/mol. The molecule has 3 heteroatoms. The van der Waals surface area contributed by atoms with Gasteiger partial charge in [0.2, 0.25) is 0 Å². The lowest BCUT2D eigenvalue weighted by atomic mass is 9.67. The van der Waals surface area contributed by atoms with Crippen LogP contribution in [0.1, 0.15) is 63.7 Å². The molecule has 1 aliphatic carbocycles. The first-order chi connectivity index (χ1) is 10.2. The van der Waals surface area contributed by atoms with Crippen molar-refractivity contribution in [3.05, 3.63) is 21.3 Å². The van der Waals surface area contributed by atoms with E-state index in [1.807, 2.05) is 0 Å². The first-order valence-corrected chi connectivity index (χ1v) is 9.82. The van der Waals surface area contributed by atoms with E-state index in [9.17, 15) is 0 Å². The van der Waals surface area contributed by atoms with Gasteiger partial charge in [0.05, 0.1) is 4.34 Å². The van der Waals surface area contributed by atoms with Gasteiger partial charge >= 0.3 is 0 Å². The Hall–Kier alpha value is -0.0500. The number of hydrogen-bond acceptors (Lipinski definition) is 2. The van der Waals surface area contributed by atoms with E-state index < -0.39 is 0 Å². The average Bonchev–Trinajstić information content (AvgIpc) is 2.89. The molecule has 1 saturated carbocycles. The van der Waals surface area contributed by atoms with Crippen LogP contribution in [-0.4, -0.2) is 13.1 Å². The maximum absolute atomic E-state index is 6.11. The van der Waals surface area contributed by atoms with Crippen molar-refractivity contribution in [2.45, 2.75) is 65.2 Å². The number of hydrogen-bond donors (Lipinski definition) is 1. The summed E-state index contributed by atoms with van der Waals surface area (Å²) in [6.07, 6.45) is 11.0. The van der Waals surface area contributed by atoms with Crippen molar-refractivity contribution in [1.29, 1.82) is 0 Å². The molecule has 1 N–H and O–H groups in total. The number of thiophene rings is 1. The van der Waals surface area contributed by atoms with E-state index >= 15 is 0 Å². The van der Waals surface area contributed by atoms with Gasteiger partial charge in [-0.3, -0.25) is 0 Å². The number of unbranched alkanes of at least 4 members (excludes halogenated alkanes) is 1. The lowest BCUT2D eigenvalue weighted by molar-refractivity contribution is 0.140. The number of halogens is 1. The molecular weight excluding hydrogens is 298 g/mol. The normalized spacial score (nSPS) is 26.1. The summed E-state index contributed by atoms with van der Waals surface area (Å²) in [7, 11) is 0. The molecule has 0 radical (unpaired) electrons. The van der Waals surface area contributed by atoms with Crippen molar-refractivity contribution in [2.24, 2.45) is 11.3 Å². The predicted molar refractivity (Wildman–Crippen MR) is 95.5 cm³/mol. The van der Waals surface area contributed by atoms with Gasteiger partial charge in [-0.05, 0) is 62.1 Å². The molecule has 1 aromatic rings. The fourth-order valence-electron chi connectivity index (χ4n) is 3.69. The van der Waals surface area contributed by atoms with Gasteiger partial charge in [-0.1, -0.05) is 44.7 Å². The van der Waals surface area contributed by atoms with E-state index in [2.05, 4.69) is 31.3 Å². The van der Waals surface area contributed by atoms with Gasteiger partial charge in [-0.25, -0.2) is 0 Å². The molecule has 120 valence electrons. The monoisotopic (exact) mass is 327 g/mol. The molecule has 0 bridgehead atoms. The molecule has 0 aliphatic heterocycles. The van der Waals surface area contributed by atoms with Gasteiger partial charge < -0.3 is 5.32 Å². The maximum atomic E-state index is 6.11. The Kier molecular flexibility index (Phi) is 7.04. The molecular formula is C18H30ClNS. The Labute approximate surface area is 139 Å². The lowest BCUT2D eigenvalue weighted by Crippen LogP contribution is -2.39. The summed E-state index contributed by atoms with van der Waals surface area (Å²) in [5.41, 5.74) is 0.465. The van der Waals surface area contributed by atoms with Crippen molar-refractivity contribution in [1.82, 2.24) is 5.32 Å². The maximum Gasteiger partial charge on any atom is 0.0931 e. The molecule has 1 fully saturated rings. The second-order valence-electron chi connectivity index (χ2n) is 6.75. The Morgan fingerprint density at radius 1 is 1.29 bits per heavy atom. The highest BCUT2D eigenvalue weighted by atomic mass is 35.5. The van der Waals surface area contributed by atoms with E-state index in [1.165, 1.54) is 62.8 Å². The molecule has 21 heavy (non-hydrogen) atoms. The van der Waals surface area contributed by atoms with Crippen LogP contribution in [-0.2, 0) is 6.42 Å². The molecule has 0 unspecified atom stereocenters. The quantitative estimate of drug-likeness (QED) is 0.624. The standard InChI is InChI=1S/C18H30ClNS/c1-3-5-6-15-9-11-18(12-10-15,14-20-4-2)13-16-7-8-17(19)21-16/h7-8,15,20H,3-6,9-14H2,1-2H3. The Morgan fingerprint density at radius 2 is 2.05 bits per heavy atom. The third-order valence-electron chi connectivity index (χ3n) is 5.06.